The van der Waals surface area contributed by atoms with E-state index in [2.05, 4.69) is 0 Å². The molecule has 1 atom stereocenters. The third kappa shape index (κ3) is 4.33. The first kappa shape index (κ1) is 8.82. The van der Waals surface area contributed by atoms with Crippen LogP contribution >= 0.6 is 0 Å². The SMILES string of the molecule is CCN(C)CC(F)CF. The molecule has 0 fully saturated rings. The van der Waals surface area contributed by atoms with Crippen LogP contribution in [-0.4, -0.2) is 37.9 Å². The minimum absolute atomic E-state index is 0.201. The molecule has 0 aliphatic heterocycles. The molecule has 0 bridgehead atoms. The molecule has 0 N–H and O–H groups in total. The standard InChI is InChI=1S/C6H13F2N/c1-3-9(2)5-6(8)4-7/h6H,3-5H2,1-2H3. The minimum atomic E-state index is -1.31. The van der Waals surface area contributed by atoms with E-state index in [0.29, 0.717) is 0 Å². The molecule has 0 aromatic rings. The average Bonchev–Trinajstić information content (AvgIpc) is 1.87. The second-order valence-electron chi connectivity index (χ2n) is 2.11. The van der Waals surface area contributed by atoms with Crippen LogP contribution in [0.1, 0.15) is 6.92 Å². The van der Waals surface area contributed by atoms with E-state index < -0.39 is 12.8 Å². The Kier molecular flexibility index (Phi) is 4.58. The fourth-order valence-electron chi connectivity index (χ4n) is 0.516. The maximum Gasteiger partial charge on any atom is 0.141 e. The molecule has 0 saturated carbocycles. The summed E-state index contributed by atoms with van der Waals surface area (Å²) in [6, 6.07) is 0. The fourth-order valence-corrected chi connectivity index (χ4v) is 0.516. The highest BCUT2D eigenvalue weighted by molar-refractivity contribution is 4.57. The molecule has 9 heavy (non-hydrogen) atoms. The molecule has 0 aromatic heterocycles. The van der Waals surface area contributed by atoms with Crippen molar-refractivity contribution in [3.63, 3.8) is 0 Å². The number of halogens is 2. The van der Waals surface area contributed by atoms with Crippen LogP contribution in [0.3, 0.4) is 0 Å². The van der Waals surface area contributed by atoms with Crippen molar-refractivity contribution in [1.29, 1.82) is 0 Å². The van der Waals surface area contributed by atoms with Crippen LogP contribution < -0.4 is 0 Å². The summed E-state index contributed by atoms with van der Waals surface area (Å²) in [6.07, 6.45) is -1.31. The average molecular weight is 137 g/mol. The summed E-state index contributed by atoms with van der Waals surface area (Å²) < 4.78 is 23.6. The second-order valence-corrected chi connectivity index (χ2v) is 2.11. The Bertz CT molecular complexity index is 60.1. The fraction of sp³-hybridized carbons (Fsp3) is 1.00. The predicted molar refractivity (Wildman–Crippen MR) is 34.0 cm³/mol. The first-order chi connectivity index (χ1) is 4.20. The lowest BCUT2D eigenvalue weighted by Crippen LogP contribution is -2.27. The normalized spacial score (nSPS) is 14.3. The summed E-state index contributed by atoms with van der Waals surface area (Å²) in [5, 5.41) is 0. The van der Waals surface area contributed by atoms with Gasteiger partial charge in [0.05, 0.1) is 0 Å². The van der Waals surface area contributed by atoms with Gasteiger partial charge in [0.1, 0.15) is 12.8 Å². The Hall–Kier alpha value is -0.180. The van der Waals surface area contributed by atoms with Crippen molar-refractivity contribution in [2.45, 2.75) is 13.1 Å². The number of rotatable bonds is 4. The first-order valence-electron chi connectivity index (χ1n) is 3.09. The van der Waals surface area contributed by atoms with E-state index in [1.807, 2.05) is 6.92 Å². The van der Waals surface area contributed by atoms with Crippen molar-refractivity contribution < 1.29 is 8.78 Å². The summed E-state index contributed by atoms with van der Waals surface area (Å²) in [5.41, 5.74) is 0. The summed E-state index contributed by atoms with van der Waals surface area (Å²) in [5.74, 6) is 0. The van der Waals surface area contributed by atoms with Crippen molar-refractivity contribution in [3.8, 4) is 0 Å². The number of nitrogens with zero attached hydrogens (tertiary/aromatic N) is 1. The summed E-state index contributed by atoms with van der Waals surface area (Å²) in [7, 11) is 1.77. The molecule has 3 heteroatoms. The number of alkyl halides is 2. The highest BCUT2D eigenvalue weighted by Gasteiger charge is 2.06. The smallest absolute Gasteiger partial charge is 0.141 e. The lowest BCUT2D eigenvalue weighted by molar-refractivity contribution is 0.191. The summed E-state index contributed by atoms with van der Waals surface area (Å²) in [6.45, 7) is 2.00. The first-order valence-corrected chi connectivity index (χ1v) is 3.09. The molecule has 0 radical (unpaired) electrons. The maximum absolute atomic E-state index is 12.2. The van der Waals surface area contributed by atoms with E-state index in [9.17, 15) is 8.78 Å². The quantitative estimate of drug-likeness (QED) is 0.563. The molecule has 0 rings (SSSR count). The Morgan fingerprint density at radius 3 is 2.44 bits per heavy atom. The van der Waals surface area contributed by atoms with Gasteiger partial charge in [-0.25, -0.2) is 8.78 Å². The van der Waals surface area contributed by atoms with Gasteiger partial charge in [-0.1, -0.05) is 6.92 Å². The molecule has 0 spiro atoms. The minimum Gasteiger partial charge on any atom is -0.304 e. The van der Waals surface area contributed by atoms with Crippen molar-refractivity contribution in [2.24, 2.45) is 0 Å². The van der Waals surface area contributed by atoms with Crippen LogP contribution in [0, 0.1) is 0 Å². The molecule has 1 nitrogen and oxygen atoms in total. The van der Waals surface area contributed by atoms with E-state index in [0.717, 1.165) is 6.54 Å². The van der Waals surface area contributed by atoms with E-state index in [4.69, 9.17) is 0 Å². The number of hydrogen-bond acceptors (Lipinski definition) is 1. The molecule has 56 valence electrons. The van der Waals surface area contributed by atoms with Gasteiger partial charge in [-0.05, 0) is 13.6 Å². The third-order valence-electron chi connectivity index (χ3n) is 1.22. The van der Waals surface area contributed by atoms with E-state index in [-0.39, 0.29) is 6.54 Å². The Morgan fingerprint density at radius 1 is 1.56 bits per heavy atom. The van der Waals surface area contributed by atoms with Gasteiger partial charge in [0.15, 0.2) is 0 Å². The zero-order valence-corrected chi connectivity index (χ0v) is 5.90. The van der Waals surface area contributed by atoms with Crippen molar-refractivity contribution in [1.82, 2.24) is 4.90 Å². The Balaban J connectivity index is 3.22. The van der Waals surface area contributed by atoms with Gasteiger partial charge < -0.3 is 4.90 Å². The third-order valence-corrected chi connectivity index (χ3v) is 1.22. The zero-order chi connectivity index (χ0) is 7.28. The summed E-state index contributed by atoms with van der Waals surface area (Å²) >= 11 is 0. The monoisotopic (exact) mass is 137 g/mol. The van der Waals surface area contributed by atoms with Gasteiger partial charge in [-0.2, -0.15) is 0 Å². The molecule has 0 aromatic carbocycles. The van der Waals surface area contributed by atoms with Gasteiger partial charge >= 0.3 is 0 Å². The molecule has 0 aliphatic rings. The van der Waals surface area contributed by atoms with Gasteiger partial charge in [0.2, 0.25) is 0 Å². The molecular weight excluding hydrogens is 124 g/mol. The zero-order valence-electron chi connectivity index (χ0n) is 5.90. The second kappa shape index (κ2) is 4.68. The van der Waals surface area contributed by atoms with Gasteiger partial charge in [-0.15, -0.1) is 0 Å². The molecular formula is C6H13F2N. The lowest BCUT2D eigenvalue weighted by atomic mass is 10.4. The number of hydrogen-bond donors (Lipinski definition) is 0. The molecule has 0 heterocycles. The van der Waals surface area contributed by atoms with Crippen molar-refractivity contribution in [2.75, 3.05) is 26.8 Å². The lowest BCUT2D eigenvalue weighted by Gasteiger charge is -2.14. The maximum atomic E-state index is 12.2. The van der Waals surface area contributed by atoms with E-state index in [1.54, 1.807) is 11.9 Å². The Morgan fingerprint density at radius 2 is 2.11 bits per heavy atom. The van der Waals surface area contributed by atoms with Crippen LogP contribution in [0.2, 0.25) is 0 Å². The van der Waals surface area contributed by atoms with Crippen molar-refractivity contribution in [3.05, 3.63) is 0 Å². The molecule has 1 unspecified atom stereocenters. The van der Waals surface area contributed by atoms with Crippen molar-refractivity contribution >= 4 is 0 Å². The molecule has 0 saturated heterocycles. The van der Waals surface area contributed by atoms with Gasteiger partial charge in [0.25, 0.3) is 0 Å². The van der Waals surface area contributed by atoms with Crippen LogP contribution in [0.5, 0.6) is 0 Å². The van der Waals surface area contributed by atoms with Crippen LogP contribution in [0.15, 0.2) is 0 Å². The van der Waals surface area contributed by atoms with Gasteiger partial charge in [-0.3, -0.25) is 0 Å². The predicted octanol–water partition coefficient (Wildman–Crippen LogP) is 1.25. The largest absolute Gasteiger partial charge is 0.304 e. The summed E-state index contributed by atoms with van der Waals surface area (Å²) in [4.78, 5) is 1.74. The highest BCUT2D eigenvalue weighted by atomic mass is 19.2. The molecule has 0 aliphatic carbocycles. The van der Waals surface area contributed by atoms with Crippen LogP contribution in [0.25, 0.3) is 0 Å². The van der Waals surface area contributed by atoms with E-state index in [1.165, 1.54) is 0 Å². The molecule has 0 amide bonds. The van der Waals surface area contributed by atoms with E-state index >= 15 is 0 Å². The topological polar surface area (TPSA) is 3.24 Å². The Labute approximate surface area is 54.7 Å². The van der Waals surface area contributed by atoms with Crippen LogP contribution in [-0.2, 0) is 0 Å². The van der Waals surface area contributed by atoms with Gasteiger partial charge in [0, 0.05) is 6.54 Å². The highest BCUT2D eigenvalue weighted by Crippen LogP contribution is 1.94. The van der Waals surface area contributed by atoms with Crippen LogP contribution in [0.4, 0.5) is 8.78 Å².